The first kappa shape index (κ1) is 13.3. The van der Waals surface area contributed by atoms with Crippen molar-refractivity contribution < 1.29 is 9.53 Å². The van der Waals surface area contributed by atoms with Gasteiger partial charge in [0.15, 0.2) is 0 Å². The Kier molecular flexibility index (Phi) is 3.27. The van der Waals surface area contributed by atoms with E-state index in [-0.39, 0.29) is 5.91 Å². The molecule has 4 rings (SSSR count). The number of fused-ring (bicyclic) bond motifs is 1. The molecule has 0 atom stereocenters. The van der Waals surface area contributed by atoms with Crippen LogP contribution in [0.15, 0.2) is 6.07 Å². The van der Waals surface area contributed by atoms with Gasteiger partial charge in [-0.2, -0.15) is 0 Å². The Balaban J connectivity index is 1.49. The number of carbonyl (C=O) groups excluding carboxylic acids is 1. The van der Waals surface area contributed by atoms with Gasteiger partial charge in [-0.1, -0.05) is 0 Å². The zero-order valence-corrected chi connectivity index (χ0v) is 12.4. The lowest BCUT2D eigenvalue weighted by Crippen LogP contribution is -2.35. The Morgan fingerprint density at radius 3 is 2.95 bits per heavy atom. The molecule has 0 radical (unpaired) electrons. The summed E-state index contributed by atoms with van der Waals surface area (Å²) in [5, 5.41) is 3.34. The van der Waals surface area contributed by atoms with Crippen LogP contribution in [0.5, 0.6) is 0 Å². The molecule has 0 aliphatic carbocycles. The highest BCUT2D eigenvalue weighted by Crippen LogP contribution is 2.40. The molecule has 5 nitrogen and oxygen atoms in total. The molecular formula is C16H23N3O2. The number of amides is 1. The summed E-state index contributed by atoms with van der Waals surface area (Å²) in [7, 11) is 0. The standard InChI is InChI=1S/C16H23N3O2/c20-15(13-9-12-1-5-17-10-14(12)18-13)19-6-2-16(11-19)3-7-21-8-4-16/h9,17-18H,1-8,10-11H2. The summed E-state index contributed by atoms with van der Waals surface area (Å²) in [5.41, 5.74) is 3.58. The summed E-state index contributed by atoms with van der Waals surface area (Å²) in [6.45, 7) is 5.35. The minimum Gasteiger partial charge on any atom is -0.381 e. The van der Waals surface area contributed by atoms with Gasteiger partial charge in [0.25, 0.3) is 5.91 Å². The summed E-state index contributed by atoms with van der Waals surface area (Å²) in [5.74, 6) is 0.174. The number of aromatic amines is 1. The van der Waals surface area contributed by atoms with Crippen LogP contribution in [0.4, 0.5) is 0 Å². The van der Waals surface area contributed by atoms with Crippen LogP contribution >= 0.6 is 0 Å². The topological polar surface area (TPSA) is 57.4 Å². The van der Waals surface area contributed by atoms with Gasteiger partial charge in [-0.05, 0) is 49.3 Å². The molecule has 0 unspecified atom stereocenters. The van der Waals surface area contributed by atoms with Crippen LogP contribution in [0.3, 0.4) is 0 Å². The number of aromatic nitrogens is 1. The predicted molar refractivity (Wildman–Crippen MR) is 79.2 cm³/mol. The van der Waals surface area contributed by atoms with Gasteiger partial charge in [0.2, 0.25) is 0 Å². The second-order valence-corrected chi connectivity index (χ2v) is 6.70. The van der Waals surface area contributed by atoms with E-state index in [0.29, 0.717) is 5.41 Å². The molecule has 2 saturated heterocycles. The van der Waals surface area contributed by atoms with E-state index < -0.39 is 0 Å². The number of carbonyl (C=O) groups is 1. The molecule has 4 heterocycles. The minimum absolute atomic E-state index is 0.174. The first-order valence-electron chi connectivity index (χ1n) is 8.04. The third-order valence-electron chi connectivity index (χ3n) is 5.37. The van der Waals surface area contributed by atoms with E-state index in [0.717, 1.165) is 70.8 Å². The van der Waals surface area contributed by atoms with E-state index in [1.54, 1.807) is 0 Å². The van der Waals surface area contributed by atoms with Crippen LogP contribution in [0.1, 0.15) is 41.0 Å². The molecule has 3 aliphatic heterocycles. The Morgan fingerprint density at radius 1 is 1.29 bits per heavy atom. The fourth-order valence-electron chi connectivity index (χ4n) is 3.96. The fraction of sp³-hybridized carbons (Fsp3) is 0.688. The quantitative estimate of drug-likeness (QED) is 0.819. The van der Waals surface area contributed by atoms with E-state index >= 15 is 0 Å². The van der Waals surface area contributed by atoms with Crippen molar-refractivity contribution in [2.24, 2.45) is 5.41 Å². The minimum atomic E-state index is 0.174. The molecule has 114 valence electrons. The zero-order valence-electron chi connectivity index (χ0n) is 12.4. The van der Waals surface area contributed by atoms with E-state index in [2.05, 4.69) is 16.4 Å². The Hall–Kier alpha value is -1.33. The maximum Gasteiger partial charge on any atom is 0.270 e. The number of hydrogen-bond acceptors (Lipinski definition) is 3. The second-order valence-electron chi connectivity index (χ2n) is 6.70. The lowest BCUT2D eigenvalue weighted by Gasteiger charge is -2.33. The highest BCUT2D eigenvalue weighted by atomic mass is 16.5. The number of H-pyrrole nitrogens is 1. The second kappa shape index (κ2) is 5.14. The molecule has 0 aromatic carbocycles. The molecule has 1 spiro atoms. The van der Waals surface area contributed by atoms with Crippen molar-refractivity contribution in [2.45, 2.75) is 32.2 Å². The van der Waals surface area contributed by atoms with Gasteiger partial charge in [-0.25, -0.2) is 0 Å². The third-order valence-corrected chi connectivity index (χ3v) is 5.37. The highest BCUT2D eigenvalue weighted by Gasteiger charge is 2.41. The van der Waals surface area contributed by atoms with Crippen molar-refractivity contribution in [1.29, 1.82) is 0 Å². The van der Waals surface area contributed by atoms with Gasteiger partial charge in [0.05, 0.1) is 0 Å². The first-order valence-corrected chi connectivity index (χ1v) is 8.04. The monoisotopic (exact) mass is 289 g/mol. The zero-order chi connectivity index (χ0) is 14.3. The third kappa shape index (κ3) is 2.38. The molecule has 1 aromatic heterocycles. The fourth-order valence-corrected chi connectivity index (χ4v) is 3.96. The van der Waals surface area contributed by atoms with Crippen molar-refractivity contribution in [2.75, 3.05) is 32.8 Å². The summed E-state index contributed by atoms with van der Waals surface area (Å²) in [6.07, 6.45) is 4.34. The number of nitrogens with zero attached hydrogens (tertiary/aromatic N) is 1. The molecule has 1 aromatic rings. The van der Waals surface area contributed by atoms with Gasteiger partial charge in [0, 0.05) is 38.5 Å². The lowest BCUT2D eigenvalue weighted by molar-refractivity contribution is 0.0190. The maximum atomic E-state index is 12.7. The summed E-state index contributed by atoms with van der Waals surface area (Å²) in [6, 6.07) is 2.06. The van der Waals surface area contributed by atoms with E-state index in [1.807, 2.05) is 4.90 Å². The van der Waals surface area contributed by atoms with Crippen LogP contribution in [0, 0.1) is 5.41 Å². The smallest absolute Gasteiger partial charge is 0.270 e. The Bertz CT molecular complexity index is 522. The number of likely N-dealkylation sites (tertiary alicyclic amines) is 1. The molecule has 21 heavy (non-hydrogen) atoms. The Labute approximate surface area is 125 Å². The predicted octanol–water partition coefficient (Wildman–Crippen LogP) is 1.30. The van der Waals surface area contributed by atoms with Crippen LogP contribution in [0.2, 0.25) is 0 Å². The van der Waals surface area contributed by atoms with Gasteiger partial charge in [0.1, 0.15) is 5.69 Å². The van der Waals surface area contributed by atoms with Crippen molar-refractivity contribution in [3.8, 4) is 0 Å². The normalized spacial score (nSPS) is 24.3. The van der Waals surface area contributed by atoms with Gasteiger partial charge < -0.3 is 19.9 Å². The van der Waals surface area contributed by atoms with Crippen molar-refractivity contribution in [1.82, 2.24) is 15.2 Å². The molecule has 2 N–H and O–H groups in total. The molecule has 3 aliphatic rings. The molecular weight excluding hydrogens is 266 g/mol. The first-order chi connectivity index (χ1) is 10.3. The number of nitrogens with one attached hydrogen (secondary N) is 2. The highest BCUT2D eigenvalue weighted by molar-refractivity contribution is 5.93. The SMILES string of the molecule is O=C(c1cc2c([nH]1)CNCC2)N1CCC2(CCOCC2)C1. The van der Waals surface area contributed by atoms with Gasteiger partial charge >= 0.3 is 0 Å². The van der Waals surface area contributed by atoms with Crippen LogP contribution in [-0.4, -0.2) is 48.6 Å². The van der Waals surface area contributed by atoms with E-state index in [1.165, 1.54) is 11.3 Å². The van der Waals surface area contributed by atoms with Crippen LogP contribution in [-0.2, 0) is 17.7 Å². The maximum absolute atomic E-state index is 12.7. The van der Waals surface area contributed by atoms with E-state index in [9.17, 15) is 4.79 Å². The number of rotatable bonds is 1. The molecule has 5 heteroatoms. The number of ether oxygens (including phenoxy) is 1. The molecule has 0 bridgehead atoms. The van der Waals surface area contributed by atoms with E-state index in [4.69, 9.17) is 4.74 Å². The van der Waals surface area contributed by atoms with Crippen molar-refractivity contribution in [3.63, 3.8) is 0 Å². The summed E-state index contributed by atoms with van der Waals surface area (Å²) in [4.78, 5) is 18.1. The average Bonchev–Trinajstić information content (AvgIpc) is 3.12. The summed E-state index contributed by atoms with van der Waals surface area (Å²) >= 11 is 0. The average molecular weight is 289 g/mol. The van der Waals surface area contributed by atoms with Gasteiger partial charge in [-0.15, -0.1) is 0 Å². The molecule has 2 fully saturated rings. The number of hydrogen-bond donors (Lipinski definition) is 2. The van der Waals surface area contributed by atoms with Crippen molar-refractivity contribution in [3.05, 3.63) is 23.0 Å². The van der Waals surface area contributed by atoms with Crippen molar-refractivity contribution >= 4 is 5.91 Å². The van der Waals surface area contributed by atoms with Gasteiger partial charge in [-0.3, -0.25) is 4.79 Å². The largest absolute Gasteiger partial charge is 0.381 e. The van der Waals surface area contributed by atoms with Crippen LogP contribution in [0.25, 0.3) is 0 Å². The Morgan fingerprint density at radius 2 is 2.14 bits per heavy atom. The lowest BCUT2D eigenvalue weighted by atomic mass is 9.80. The van der Waals surface area contributed by atoms with Crippen LogP contribution < -0.4 is 5.32 Å². The molecule has 1 amide bonds. The summed E-state index contributed by atoms with van der Waals surface area (Å²) < 4.78 is 5.48. The molecule has 0 saturated carbocycles.